The first-order chi connectivity index (χ1) is 13.6. The number of nitrogens with one attached hydrogen (secondary N) is 1. The van der Waals surface area contributed by atoms with E-state index >= 15 is 0 Å². The molecule has 0 aliphatic carbocycles. The minimum absolute atomic E-state index is 0.169. The van der Waals surface area contributed by atoms with E-state index in [1.807, 2.05) is 24.3 Å². The van der Waals surface area contributed by atoms with Crippen LogP contribution in [0.4, 0.5) is 16.4 Å². The van der Waals surface area contributed by atoms with Gasteiger partial charge in [-0.05, 0) is 31.0 Å². The lowest BCUT2D eigenvalue weighted by Gasteiger charge is -2.33. The summed E-state index contributed by atoms with van der Waals surface area (Å²) < 4.78 is 5.01. The fourth-order valence-electron chi connectivity index (χ4n) is 3.08. The number of benzene rings is 1. The Hall–Kier alpha value is -3.16. The van der Waals surface area contributed by atoms with E-state index < -0.39 is 0 Å². The molecule has 1 aliphatic rings. The Bertz CT molecular complexity index is 834. The third kappa shape index (κ3) is 4.57. The Balaban J connectivity index is 1.65. The number of ether oxygens (including phenoxy) is 1. The van der Waals surface area contributed by atoms with Gasteiger partial charge in [0, 0.05) is 38.1 Å². The average molecular weight is 383 g/mol. The lowest BCUT2D eigenvalue weighted by molar-refractivity contribution is 0.0566. The number of para-hydroxylation sites is 1. The molecule has 0 spiro atoms. The van der Waals surface area contributed by atoms with E-state index in [2.05, 4.69) is 22.2 Å². The second-order valence-electron chi connectivity index (χ2n) is 6.38. The summed E-state index contributed by atoms with van der Waals surface area (Å²) in [6.07, 6.45) is 2.12. The number of hydrogen-bond donors (Lipinski definition) is 1. The van der Waals surface area contributed by atoms with Gasteiger partial charge in [-0.25, -0.2) is 14.8 Å². The molecule has 2 amide bonds. The highest BCUT2D eigenvalue weighted by Crippen LogP contribution is 2.19. The summed E-state index contributed by atoms with van der Waals surface area (Å²) in [6, 6.07) is 9.54. The number of piperazine rings is 1. The zero-order valence-electron chi connectivity index (χ0n) is 16.2. The fraction of sp³-hybridized carbons (Fsp3) is 0.400. The van der Waals surface area contributed by atoms with E-state index in [-0.39, 0.29) is 12.0 Å². The molecule has 1 saturated heterocycles. The zero-order valence-corrected chi connectivity index (χ0v) is 16.2. The van der Waals surface area contributed by atoms with Crippen LogP contribution >= 0.6 is 0 Å². The van der Waals surface area contributed by atoms with Gasteiger partial charge in [-0.15, -0.1) is 0 Å². The average Bonchev–Trinajstić information content (AvgIpc) is 2.74. The van der Waals surface area contributed by atoms with Crippen molar-refractivity contribution in [3.8, 4) is 0 Å². The Kier molecular flexibility index (Phi) is 6.41. The number of amides is 2. The monoisotopic (exact) mass is 383 g/mol. The van der Waals surface area contributed by atoms with Crippen molar-refractivity contribution in [1.82, 2.24) is 19.8 Å². The first kappa shape index (κ1) is 19.6. The van der Waals surface area contributed by atoms with Gasteiger partial charge in [-0.1, -0.05) is 25.1 Å². The van der Waals surface area contributed by atoms with E-state index in [0.717, 1.165) is 17.7 Å². The highest BCUT2D eigenvalue weighted by Gasteiger charge is 2.26. The molecule has 28 heavy (non-hydrogen) atoms. The van der Waals surface area contributed by atoms with Crippen molar-refractivity contribution in [3.05, 3.63) is 47.8 Å². The number of aromatic nitrogens is 2. The summed E-state index contributed by atoms with van der Waals surface area (Å²) >= 11 is 0. The molecule has 8 nitrogen and oxygen atoms in total. The van der Waals surface area contributed by atoms with Gasteiger partial charge in [0.25, 0.3) is 5.91 Å². The number of hydrogen-bond acceptors (Lipinski definition) is 6. The summed E-state index contributed by atoms with van der Waals surface area (Å²) in [6.45, 7) is 5.99. The predicted octanol–water partition coefficient (Wildman–Crippen LogP) is 2.70. The summed E-state index contributed by atoms with van der Waals surface area (Å²) in [5, 5.41) is 3.20. The van der Waals surface area contributed by atoms with Gasteiger partial charge in [-0.2, -0.15) is 0 Å². The lowest BCUT2D eigenvalue weighted by Crippen LogP contribution is -2.50. The van der Waals surface area contributed by atoms with Gasteiger partial charge >= 0.3 is 6.09 Å². The molecule has 1 aromatic carbocycles. The number of anilines is 2. The van der Waals surface area contributed by atoms with E-state index in [9.17, 15) is 9.59 Å². The Labute approximate surface area is 164 Å². The fourth-order valence-corrected chi connectivity index (χ4v) is 3.08. The van der Waals surface area contributed by atoms with Gasteiger partial charge in [0.1, 0.15) is 5.69 Å². The number of carbonyl (C=O) groups is 2. The third-order valence-electron chi connectivity index (χ3n) is 4.61. The second-order valence-corrected chi connectivity index (χ2v) is 6.38. The first-order valence-electron chi connectivity index (χ1n) is 9.51. The Morgan fingerprint density at radius 1 is 1.07 bits per heavy atom. The molecule has 0 unspecified atom stereocenters. The van der Waals surface area contributed by atoms with Crippen LogP contribution in [0.1, 0.15) is 29.9 Å². The number of aryl methyl sites for hydroxylation is 1. The molecular weight excluding hydrogens is 358 g/mol. The molecule has 1 N–H and O–H groups in total. The smallest absolute Gasteiger partial charge is 0.409 e. The molecule has 1 fully saturated rings. The van der Waals surface area contributed by atoms with Crippen molar-refractivity contribution in [3.63, 3.8) is 0 Å². The summed E-state index contributed by atoms with van der Waals surface area (Å²) in [7, 11) is 0. The van der Waals surface area contributed by atoms with Gasteiger partial charge in [0.05, 0.1) is 6.61 Å². The van der Waals surface area contributed by atoms with Crippen LogP contribution in [0, 0.1) is 0 Å². The zero-order chi connectivity index (χ0) is 19.9. The molecule has 148 valence electrons. The summed E-state index contributed by atoms with van der Waals surface area (Å²) in [5.74, 6) is 0.217. The van der Waals surface area contributed by atoms with Crippen LogP contribution in [-0.2, 0) is 11.2 Å². The normalized spacial score (nSPS) is 13.9. The number of rotatable bonds is 5. The standard InChI is InChI=1S/C20H25N5O3/c1-3-15-7-5-6-8-16(15)22-19-21-10-9-17(23-19)18(26)24-11-13-25(14-12-24)20(27)28-4-2/h5-10H,3-4,11-14H2,1-2H3,(H,21,22,23). The topological polar surface area (TPSA) is 87.7 Å². The minimum Gasteiger partial charge on any atom is -0.450 e. The van der Waals surface area contributed by atoms with E-state index in [4.69, 9.17) is 4.74 Å². The highest BCUT2D eigenvalue weighted by atomic mass is 16.6. The number of nitrogens with zero attached hydrogens (tertiary/aromatic N) is 4. The molecule has 0 bridgehead atoms. The van der Waals surface area contributed by atoms with E-state index in [1.165, 1.54) is 0 Å². The van der Waals surface area contributed by atoms with E-state index in [0.29, 0.717) is 44.4 Å². The van der Waals surface area contributed by atoms with Crippen LogP contribution in [-0.4, -0.2) is 64.6 Å². The van der Waals surface area contributed by atoms with Crippen molar-refractivity contribution in [2.75, 3.05) is 38.1 Å². The lowest BCUT2D eigenvalue weighted by atomic mass is 10.1. The molecule has 0 saturated carbocycles. The second kappa shape index (κ2) is 9.16. The maximum atomic E-state index is 12.8. The molecule has 2 heterocycles. The molecule has 0 atom stereocenters. The molecule has 1 aromatic heterocycles. The molecular formula is C20H25N5O3. The largest absolute Gasteiger partial charge is 0.450 e. The summed E-state index contributed by atoms with van der Waals surface area (Å²) in [4.78, 5) is 36.5. The van der Waals surface area contributed by atoms with Crippen LogP contribution in [0.5, 0.6) is 0 Å². The molecule has 1 aliphatic heterocycles. The van der Waals surface area contributed by atoms with Crippen molar-refractivity contribution in [2.45, 2.75) is 20.3 Å². The van der Waals surface area contributed by atoms with Crippen LogP contribution in [0.15, 0.2) is 36.5 Å². The van der Waals surface area contributed by atoms with Crippen LogP contribution in [0.2, 0.25) is 0 Å². The van der Waals surface area contributed by atoms with Crippen molar-refractivity contribution < 1.29 is 14.3 Å². The van der Waals surface area contributed by atoms with Crippen LogP contribution in [0.25, 0.3) is 0 Å². The third-order valence-corrected chi connectivity index (χ3v) is 4.61. The van der Waals surface area contributed by atoms with Gasteiger partial charge in [0.2, 0.25) is 5.95 Å². The van der Waals surface area contributed by atoms with Crippen LogP contribution in [0.3, 0.4) is 0 Å². The Morgan fingerprint density at radius 2 is 1.79 bits per heavy atom. The molecule has 8 heteroatoms. The van der Waals surface area contributed by atoms with Gasteiger partial charge in [0.15, 0.2) is 0 Å². The summed E-state index contributed by atoms with van der Waals surface area (Å²) in [5.41, 5.74) is 2.41. The maximum absolute atomic E-state index is 12.8. The minimum atomic E-state index is -0.335. The van der Waals surface area contributed by atoms with Crippen molar-refractivity contribution in [2.24, 2.45) is 0 Å². The number of carbonyl (C=O) groups excluding carboxylic acids is 2. The van der Waals surface area contributed by atoms with Gasteiger partial charge < -0.3 is 19.9 Å². The SMILES string of the molecule is CCOC(=O)N1CCN(C(=O)c2ccnc(Nc3ccccc3CC)n2)CC1. The van der Waals surface area contributed by atoms with Gasteiger partial charge in [-0.3, -0.25) is 4.79 Å². The predicted molar refractivity (Wildman–Crippen MR) is 106 cm³/mol. The molecule has 2 aromatic rings. The molecule has 0 radical (unpaired) electrons. The van der Waals surface area contributed by atoms with Crippen LogP contribution < -0.4 is 5.32 Å². The van der Waals surface area contributed by atoms with E-state index in [1.54, 1.807) is 29.0 Å². The highest BCUT2D eigenvalue weighted by molar-refractivity contribution is 5.92. The van der Waals surface area contributed by atoms with Crippen molar-refractivity contribution in [1.29, 1.82) is 0 Å². The Morgan fingerprint density at radius 3 is 2.50 bits per heavy atom. The first-order valence-corrected chi connectivity index (χ1v) is 9.51. The van der Waals surface area contributed by atoms with Crippen molar-refractivity contribution >= 4 is 23.6 Å². The maximum Gasteiger partial charge on any atom is 0.409 e. The quantitative estimate of drug-likeness (QED) is 0.854. The molecule has 3 rings (SSSR count).